The summed E-state index contributed by atoms with van der Waals surface area (Å²) in [4.78, 5) is 6.95. The molecule has 3 rings (SSSR count). The van der Waals surface area contributed by atoms with E-state index < -0.39 is 0 Å². The maximum atomic E-state index is 10.1. The third-order valence-corrected chi connectivity index (χ3v) is 5.24. The van der Waals surface area contributed by atoms with Gasteiger partial charge in [-0.05, 0) is 37.8 Å². The molecule has 2 heterocycles. The summed E-state index contributed by atoms with van der Waals surface area (Å²) in [5.41, 5.74) is 3.53. The van der Waals surface area contributed by atoms with Gasteiger partial charge in [-0.3, -0.25) is 4.98 Å². The summed E-state index contributed by atoms with van der Waals surface area (Å²) in [6.07, 6.45) is 5.36. The molecule has 0 fully saturated rings. The first-order valence-electron chi connectivity index (χ1n) is 7.27. The Hall–Kier alpha value is -1.43. The van der Waals surface area contributed by atoms with E-state index in [-0.39, 0.29) is 12.4 Å². The Balaban J connectivity index is 1.66. The molecule has 0 atom stereocenters. The highest BCUT2D eigenvalue weighted by molar-refractivity contribution is 7.12. The SMILES string of the molecule is Cc1ncc(CO)c(CNCc2cc3c(s2)CCC3)c1O. The van der Waals surface area contributed by atoms with Crippen LogP contribution in [0.5, 0.6) is 5.75 Å². The van der Waals surface area contributed by atoms with Crippen LogP contribution in [0.1, 0.15) is 38.6 Å². The van der Waals surface area contributed by atoms with Gasteiger partial charge in [0.05, 0.1) is 12.3 Å². The molecule has 0 amide bonds. The fourth-order valence-corrected chi connectivity index (χ4v) is 4.04. The second kappa shape index (κ2) is 6.13. The van der Waals surface area contributed by atoms with E-state index in [1.54, 1.807) is 13.1 Å². The normalized spacial score (nSPS) is 13.6. The molecular weight excluding hydrogens is 284 g/mol. The van der Waals surface area contributed by atoms with Crippen LogP contribution in [0.2, 0.25) is 0 Å². The van der Waals surface area contributed by atoms with Gasteiger partial charge in [0, 0.05) is 40.2 Å². The topological polar surface area (TPSA) is 65.4 Å². The first-order valence-corrected chi connectivity index (χ1v) is 8.09. The van der Waals surface area contributed by atoms with Crippen LogP contribution in [0.15, 0.2) is 12.3 Å². The van der Waals surface area contributed by atoms with Crippen LogP contribution < -0.4 is 5.32 Å². The summed E-state index contributed by atoms with van der Waals surface area (Å²) in [5.74, 6) is 0.183. The Bertz CT molecular complexity index is 630. The Labute approximate surface area is 128 Å². The molecule has 0 aliphatic heterocycles. The number of hydrogen-bond donors (Lipinski definition) is 3. The zero-order valence-electron chi connectivity index (χ0n) is 12.1. The number of fused-ring (bicyclic) bond motifs is 1. The lowest BCUT2D eigenvalue weighted by molar-refractivity contribution is 0.278. The molecule has 0 aromatic carbocycles. The fraction of sp³-hybridized carbons (Fsp3) is 0.438. The average molecular weight is 304 g/mol. The van der Waals surface area contributed by atoms with Crippen molar-refractivity contribution < 1.29 is 10.2 Å². The minimum Gasteiger partial charge on any atom is -0.506 e. The molecule has 0 saturated heterocycles. The second-order valence-corrected chi connectivity index (χ2v) is 6.69. The van der Waals surface area contributed by atoms with Crippen molar-refractivity contribution in [1.82, 2.24) is 10.3 Å². The van der Waals surface area contributed by atoms with Gasteiger partial charge >= 0.3 is 0 Å². The third kappa shape index (κ3) is 2.95. The van der Waals surface area contributed by atoms with E-state index in [1.165, 1.54) is 34.6 Å². The summed E-state index contributed by atoms with van der Waals surface area (Å²) in [6, 6.07) is 2.30. The van der Waals surface area contributed by atoms with Crippen LogP contribution in [0.4, 0.5) is 0 Å². The monoisotopic (exact) mass is 304 g/mol. The summed E-state index contributed by atoms with van der Waals surface area (Å²) < 4.78 is 0. The van der Waals surface area contributed by atoms with Crippen molar-refractivity contribution in [3.8, 4) is 5.75 Å². The van der Waals surface area contributed by atoms with E-state index in [9.17, 15) is 10.2 Å². The van der Waals surface area contributed by atoms with E-state index in [4.69, 9.17) is 0 Å². The molecule has 0 bridgehead atoms. The third-order valence-electron chi connectivity index (χ3n) is 4.00. The number of aromatic nitrogens is 1. The van der Waals surface area contributed by atoms with Gasteiger partial charge in [0.15, 0.2) is 0 Å². The van der Waals surface area contributed by atoms with Gasteiger partial charge < -0.3 is 15.5 Å². The van der Waals surface area contributed by atoms with Gasteiger partial charge in [-0.25, -0.2) is 0 Å². The van der Waals surface area contributed by atoms with Crippen molar-refractivity contribution in [2.24, 2.45) is 0 Å². The number of nitrogens with one attached hydrogen (secondary N) is 1. The Morgan fingerprint density at radius 2 is 2.19 bits per heavy atom. The lowest BCUT2D eigenvalue weighted by atomic mass is 10.1. The number of aliphatic hydroxyl groups is 1. The highest BCUT2D eigenvalue weighted by atomic mass is 32.1. The lowest BCUT2D eigenvalue weighted by Crippen LogP contribution is -2.14. The summed E-state index contributed by atoms with van der Waals surface area (Å²) in [5, 5.41) is 22.8. The molecule has 2 aromatic rings. The number of nitrogens with zero attached hydrogens (tertiary/aromatic N) is 1. The minimum atomic E-state index is -0.106. The smallest absolute Gasteiger partial charge is 0.141 e. The number of pyridine rings is 1. The van der Waals surface area contributed by atoms with Crippen molar-refractivity contribution >= 4 is 11.3 Å². The molecule has 3 N–H and O–H groups in total. The van der Waals surface area contributed by atoms with Crippen molar-refractivity contribution in [1.29, 1.82) is 0 Å². The number of aliphatic hydroxyl groups excluding tert-OH is 1. The largest absolute Gasteiger partial charge is 0.506 e. The van der Waals surface area contributed by atoms with E-state index in [0.29, 0.717) is 17.8 Å². The average Bonchev–Trinajstić information content (AvgIpc) is 3.05. The molecule has 5 heteroatoms. The zero-order valence-corrected chi connectivity index (χ0v) is 13.0. The Morgan fingerprint density at radius 3 is 2.95 bits per heavy atom. The van der Waals surface area contributed by atoms with E-state index >= 15 is 0 Å². The molecule has 21 heavy (non-hydrogen) atoms. The molecule has 0 spiro atoms. The number of aromatic hydroxyl groups is 1. The lowest BCUT2D eigenvalue weighted by Gasteiger charge is -2.12. The van der Waals surface area contributed by atoms with Crippen molar-refractivity contribution in [2.75, 3.05) is 0 Å². The summed E-state index contributed by atoms with van der Waals surface area (Å²) >= 11 is 1.89. The van der Waals surface area contributed by atoms with Crippen LogP contribution in [0.25, 0.3) is 0 Å². The molecule has 4 nitrogen and oxygen atoms in total. The number of aryl methyl sites for hydroxylation is 3. The molecule has 1 aliphatic rings. The minimum absolute atomic E-state index is 0.106. The van der Waals surface area contributed by atoms with Crippen LogP contribution in [0, 0.1) is 6.92 Å². The van der Waals surface area contributed by atoms with Gasteiger partial charge in [-0.1, -0.05) is 0 Å². The van der Waals surface area contributed by atoms with Crippen molar-refractivity contribution in [3.63, 3.8) is 0 Å². The van der Waals surface area contributed by atoms with E-state index in [1.807, 2.05) is 11.3 Å². The maximum absolute atomic E-state index is 10.1. The molecule has 2 aromatic heterocycles. The molecule has 0 radical (unpaired) electrons. The fourth-order valence-electron chi connectivity index (χ4n) is 2.81. The van der Waals surface area contributed by atoms with Crippen LogP contribution in [0.3, 0.4) is 0 Å². The Kier molecular flexibility index (Phi) is 4.24. The van der Waals surface area contributed by atoms with Crippen LogP contribution in [-0.2, 0) is 32.5 Å². The number of thiophene rings is 1. The van der Waals surface area contributed by atoms with Gasteiger partial charge in [0.25, 0.3) is 0 Å². The van der Waals surface area contributed by atoms with E-state index in [0.717, 1.165) is 12.1 Å². The summed E-state index contributed by atoms with van der Waals surface area (Å²) in [7, 11) is 0. The number of rotatable bonds is 5. The van der Waals surface area contributed by atoms with Crippen LogP contribution in [-0.4, -0.2) is 15.2 Å². The number of hydrogen-bond acceptors (Lipinski definition) is 5. The molecule has 0 saturated carbocycles. The highest BCUT2D eigenvalue weighted by Crippen LogP contribution is 2.30. The van der Waals surface area contributed by atoms with E-state index in [2.05, 4.69) is 16.4 Å². The van der Waals surface area contributed by atoms with Crippen LogP contribution >= 0.6 is 11.3 Å². The predicted molar refractivity (Wildman–Crippen MR) is 83.4 cm³/mol. The molecule has 0 unspecified atom stereocenters. The first kappa shape index (κ1) is 14.5. The maximum Gasteiger partial charge on any atom is 0.141 e. The highest BCUT2D eigenvalue weighted by Gasteiger charge is 2.15. The summed E-state index contributed by atoms with van der Waals surface area (Å²) in [6.45, 7) is 2.99. The van der Waals surface area contributed by atoms with Crippen molar-refractivity contribution in [3.05, 3.63) is 44.4 Å². The zero-order chi connectivity index (χ0) is 14.8. The van der Waals surface area contributed by atoms with Gasteiger partial charge in [-0.15, -0.1) is 11.3 Å². The standard InChI is InChI=1S/C16H20N2O2S/c1-10-16(20)14(12(9-19)6-18-10)8-17-7-13-5-11-3-2-4-15(11)21-13/h5-6,17,19-20H,2-4,7-9H2,1H3. The quantitative estimate of drug-likeness (QED) is 0.794. The molecule has 1 aliphatic carbocycles. The van der Waals surface area contributed by atoms with Gasteiger partial charge in [0.2, 0.25) is 0 Å². The molecular formula is C16H20N2O2S. The molecule has 112 valence electrons. The predicted octanol–water partition coefficient (Wildman–Crippen LogP) is 2.43. The van der Waals surface area contributed by atoms with Crippen molar-refractivity contribution in [2.45, 2.75) is 45.9 Å². The second-order valence-electron chi connectivity index (χ2n) is 5.47. The van der Waals surface area contributed by atoms with Gasteiger partial charge in [0.1, 0.15) is 5.75 Å². The first-order chi connectivity index (χ1) is 10.2. The Morgan fingerprint density at radius 1 is 1.33 bits per heavy atom. The van der Waals surface area contributed by atoms with Gasteiger partial charge in [-0.2, -0.15) is 0 Å².